The van der Waals surface area contributed by atoms with Crippen molar-refractivity contribution in [1.82, 2.24) is 19.9 Å². The first-order chi connectivity index (χ1) is 13.5. The molecule has 0 bridgehead atoms. The topological polar surface area (TPSA) is 64.3 Å². The summed E-state index contributed by atoms with van der Waals surface area (Å²) >= 11 is 0. The van der Waals surface area contributed by atoms with Gasteiger partial charge < -0.3 is 9.15 Å². The molecule has 1 atom stereocenters. The average molecular weight is 378 g/mol. The SMILES string of the molecule is COc1cc(CC2=CCCN([C@@H](C)c3ccc4oc(C)nc4n3)C2)cc(C)n1. The Kier molecular flexibility index (Phi) is 5.13. The smallest absolute Gasteiger partial charge is 0.213 e. The van der Waals surface area contributed by atoms with Gasteiger partial charge in [0, 0.05) is 37.8 Å². The van der Waals surface area contributed by atoms with Gasteiger partial charge in [-0.15, -0.1) is 0 Å². The third-order valence-electron chi connectivity index (χ3n) is 5.24. The summed E-state index contributed by atoms with van der Waals surface area (Å²) in [5.74, 6) is 1.33. The number of aryl methyl sites for hydroxylation is 2. The zero-order chi connectivity index (χ0) is 19.7. The van der Waals surface area contributed by atoms with E-state index in [0.717, 1.165) is 42.9 Å². The molecule has 0 spiro atoms. The van der Waals surface area contributed by atoms with Crippen molar-refractivity contribution in [1.29, 1.82) is 0 Å². The van der Waals surface area contributed by atoms with E-state index in [0.29, 0.717) is 17.4 Å². The molecule has 0 N–H and O–H groups in total. The quantitative estimate of drug-likeness (QED) is 0.621. The van der Waals surface area contributed by atoms with Gasteiger partial charge in [0.15, 0.2) is 17.1 Å². The minimum absolute atomic E-state index is 0.221. The molecule has 3 aromatic rings. The number of oxazole rings is 1. The highest BCUT2D eigenvalue weighted by Crippen LogP contribution is 2.26. The third-order valence-corrected chi connectivity index (χ3v) is 5.24. The predicted molar refractivity (Wildman–Crippen MR) is 108 cm³/mol. The van der Waals surface area contributed by atoms with Crippen molar-refractivity contribution in [2.24, 2.45) is 0 Å². The van der Waals surface area contributed by atoms with Crippen LogP contribution in [-0.4, -0.2) is 40.1 Å². The maximum absolute atomic E-state index is 5.55. The van der Waals surface area contributed by atoms with E-state index in [1.165, 1.54) is 11.1 Å². The molecule has 0 saturated heterocycles. The first kappa shape index (κ1) is 18.6. The van der Waals surface area contributed by atoms with E-state index in [2.05, 4.69) is 33.9 Å². The number of methoxy groups -OCH3 is 1. The Balaban J connectivity index is 1.49. The molecule has 0 aromatic carbocycles. The molecule has 4 heterocycles. The minimum atomic E-state index is 0.221. The van der Waals surface area contributed by atoms with Crippen LogP contribution in [0.15, 0.2) is 40.3 Å². The largest absolute Gasteiger partial charge is 0.481 e. The van der Waals surface area contributed by atoms with E-state index >= 15 is 0 Å². The van der Waals surface area contributed by atoms with Crippen LogP contribution in [0.5, 0.6) is 5.88 Å². The second kappa shape index (κ2) is 7.72. The Hall–Kier alpha value is -2.73. The summed E-state index contributed by atoms with van der Waals surface area (Å²) in [5, 5.41) is 0. The summed E-state index contributed by atoms with van der Waals surface area (Å²) in [7, 11) is 1.66. The van der Waals surface area contributed by atoms with Crippen LogP contribution in [0.4, 0.5) is 0 Å². The van der Waals surface area contributed by atoms with Gasteiger partial charge in [-0.1, -0.05) is 11.6 Å². The predicted octanol–water partition coefficient (Wildman–Crippen LogP) is 4.18. The van der Waals surface area contributed by atoms with Gasteiger partial charge in [-0.25, -0.2) is 9.97 Å². The van der Waals surface area contributed by atoms with Crippen LogP contribution in [0.25, 0.3) is 11.2 Å². The molecular formula is C22H26N4O2. The van der Waals surface area contributed by atoms with E-state index in [9.17, 15) is 0 Å². The molecule has 0 aliphatic carbocycles. The number of hydrogen-bond acceptors (Lipinski definition) is 6. The van der Waals surface area contributed by atoms with Gasteiger partial charge in [0.2, 0.25) is 5.88 Å². The first-order valence-electron chi connectivity index (χ1n) is 9.69. The second-order valence-corrected chi connectivity index (χ2v) is 7.42. The van der Waals surface area contributed by atoms with Crippen LogP contribution in [0.2, 0.25) is 0 Å². The van der Waals surface area contributed by atoms with Gasteiger partial charge in [-0.05, 0) is 50.5 Å². The van der Waals surface area contributed by atoms with E-state index in [1.807, 2.05) is 32.0 Å². The second-order valence-electron chi connectivity index (χ2n) is 7.42. The molecule has 1 aliphatic rings. The van der Waals surface area contributed by atoms with Crippen LogP contribution in [0, 0.1) is 13.8 Å². The van der Waals surface area contributed by atoms with Crippen molar-refractivity contribution in [3.8, 4) is 5.88 Å². The zero-order valence-corrected chi connectivity index (χ0v) is 16.9. The normalized spacial score (nSPS) is 16.2. The number of hydrogen-bond donors (Lipinski definition) is 0. The molecule has 146 valence electrons. The van der Waals surface area contributed by atoms with Gasteiger partial charge in [-0.2, -0.15) is 4.98 Å². The minimum Gasteiger partial charge on any atom is -0.481 e. The number of pyridine rings is 2. The maximum Gasteiger partial charge on any atom is 0.213 e. The Morgan fingerprint density at radius 3 is 2.86 bits per heavy atom. The maximum atomic E-state index is 5.55. The van der Waals surface area contributed by atoms with Gasteiger partial charge in [0.05, 0.1) is 12.8 Å². The number of rotatable bonds is 5. The lowest BCUT2D eigenvalue weighted by molar-refractivity contribution is 0.219. The van der Waals surface area contributed by atoms with Gasteiger partial charge in [0.25, 0.3) is 0 Å². The van der Waals surface area contributed by atoms with E-state index in [1.54, 1.807) is 7.11 Å². The molecule has 0 fully saturated rings. The summed E-state index contributed by atoms with van der Waals surface area (Å²) in [6, 6.07) is 8.40. The molecular weight excluding hydrogens is 352 g/mol. The highest BCUT2D eigenvalue weighted by atomic mass is 16.5. The van der Waals surface area contributed by atoms with Gasteiger partial charge >= 0.3 is 0 Å². The van der Waals surface area contributed by atoms with E-state index in [4.69, 9.17) is 14.1 Å². The zero-order valence-electron chi connectivity index (χ0n) is 16.9. The molecule has 4 rings (SSSR count). The van der Waals surface area contributed by atoms with Crippen molar-refractivity contribution >= 4 is 11.2 Å². The van der Waals surface area contributed by atoms with Crippen molar-refractivity contribution < 1.29 is 9.15 Å². The lowest BCUT2D eigenvalue weighted by atomic mass is 9.99. The fourth-order valence-electron chi connectivity index (χ4n) is 3.83. The fourth-order valence-corrected chi connectivity index (χ4v) is 3.83. The summed E-state index contributed by atoms with van der Waals surface area (Å²) < 4.78 is 10.9. The summed E-state index contributed by atoms with van der Waals surface area (Å²) in [6.07, 6.45) is 4.33. The van der Waals surface area contributed by atoms with Crippen molar-refractivity contribution in [2.45, 2.75) is 39.7 Å². The van der Waals surface area contributed by atoms with E-state index in [-0.39, 0.29) is 6.04 Å². The van der Waals surface area contributed by atoms with E-state index < -0.39 is 0 Å². The Morgan fingerprint density at radius 2 is 2.04 bits per heavy atom. The lowest BCUT2D eigenvalue weighted by Crippen LogP contribution is -2.33. The Morgan fingerprint density at radius 1 is 1.18 bits per heavy atom. The van der Waals surface area contributed by atoms with Crippen LogP contribution in [-0.2, 0) is 6.42 Å². The molecule has 28 heavy (non-hydrogen) atoms. The molecule has 0 unspecified atom stereocenters. The Bertz CT molecular complexity index is 1020. The first-order valence-corrected chi connectivity index (χ1v) is 9.69. The van der Waals surface area contributed by atoms with Crippen LogP contribution in [0.1, 0.15) is 42.2 Å². The number of ether oxygens (including phenoxy) is 1. The number of fused-ring (bicyclic) bond motifs is 1. The summed E-state index contributed by atoms with van der Waals surface area (Å²) in [6.45, 7) is 8.03. The summed E-state index contributed by atoms with van der Waals surface area (Å²) in [5.41, 5.74) is 6.11. The molecule has 3 aromatic heterocycles. The van der Waals surface area contributed by atoms with Crippen LogP contribution >= 0.6 is 0 Å². The fraction of sp³-hybridized carbons (Fsp3) is 0.409. The molecule has 6 heteroatoms. The molecule has 6 nitrogen and oxygen atoms in total. The monoisotopic (exact) mass is 378 g/mol. The molecule has 0 saturated carbocycles. The molecule has 1 aliphatic heterocycles. The van der Waals surface area contributed by atoms with Gasteiger partial charge in [0.1, 0.15) is 0 Å². The van der Waals surface area contributed by atoms with Gasteiger partial charge in [-0.3, -0.25) is 4.90 Å². The average Bonchev–Trinajstić information content (AvgIpc) is 3.06. The highest BCUT2D eigenvalue weighted by molar-refractivity contribution is 5.67. The standard InChI is InChI=1S/C22H26N4O2/c1-14-10-18(12-21(23-14)27-4)11-17-6-5-9-26(13-17)15(2)19-7-8-20-22(25-19)24-16(3)28-20/h6-8,10,12,15H,5,9,11,13H2,1-4H3/t15-/m0/s1. The lowest BCUT2D eigenvalue weighted by Gasteiger charge is -2.32. The molecule has 0 radical (unpaired) electrons. The van der Waals surface area contributed by atoms with Crippen molar-refractivity contribution in [3.63, 3.8) is 0 Å². The summed E-state index contributed by atoms with van der Waals surface area (Å²) in [4.78, 5) is 15.9. The van der Waals surface area contributed by atoms with Crippen LogP contribution in [0.3, 0.4) is 0 Å². The van der Waals surface area contributed by atoms with Crippen molar-refractivity contribution in [2.75, 3.05) is 20.2 Å². The Labute approximate surface area is 165 Å². The number of aromatic nitrogens is 3. The number of nitrogens with zero attached hydrogens (tertiary/aromatic N) is 4. The van der Waals surface area contributed by atoms with Crippen molar-refractivity contribution in [3.05, 3.63) is 58.8 Å². The third kappa shape index (κ3) is 3.92. The molecule has 0 amide bonds. The highest BCUT2D eigenvalue weighted by Gasteiger charge is 2.21. The van der Waals surface area contributed by atoms with Crippen LogP contribution < -0.4 is 4.74 Å².